The van der Waals surface area contributed by atoms with Crippen LogP contribution in [0.2, 0.25) is 0 Å². The molecule has 2 aromatic heterocycles. The minimum Gasteiger partial charge on any atom is -0.482 e. The summed E-state index contributed by atoms with van der Waals surface area (Å²) in [6, 6.07) is 12.3. The molecule has 0 aliphatic carbocycles. The molecule has 0 N–H and O–H groups in total. The van der Waals surface area contributed by atoms with Crippen LogP contribution in [-0.4, -0.2) is 34.9 Å². The van der Waals surface area contributed by atoms with E-state index >= 15 is 0 Å². The summed E-state index contributed by atoms with van der Waals surface area (Å²) in [5.74, 6) is 0.109. The van der Waals surface area contributed by atoms with Crippen molar-refractivity contribution in [3.05, 3.63) is 75.7 Å². The molecule has 1 atom stereocenters. The van der Waals surface area contributed by atoms with Gasteiger partial charge >= 0.3 is 0 Å². The first-order valence-electron chi connectivity index (χ1n) is 11.0. The smallest absolute Gasteiger partial charge is 0.264 e. The summed E-state index contributed by atoms with van der Waals surface area (Å²) < 4.78 is 6.83. The fourth-order valence-corrected chi connectivity index (χ4v) is 5.05. The van der Waals surface area contributed by atoms with Gasteiger partial charge in [-0.3, -0.25) is 19.0 Å². The average Bonchev–Trinajstić information content (AvgIpc) is 3.31. The van der Waals surface area contributed by atoms with Crippen LogP contribution in [-0.2, 0) is 11.2 Å². The van der Waals surface area contributed by atoms with Gasteiger partial charge in [-0.25, -0.2) is 4.98 Å². The number of amides is 1. The summed E-state index contributed by atoms with van der Waals surface area (Å²) in [6.45, 7) is 3.75. The second-order valence-electron chi connectivity index (χ2n) is 8.30. The third-order valence-electron chi connectivity index (χ3n) is 6.32. The lowest BCUT2D eigenvalue weighted by Crippen LogP contribution is -2.35. The number of ketones is 1. The fourth-order valence-electron chi connectivity index (χ4n) is 4.15. The van der Waals surface area contributed by atoms with E-state index < -0.39 is 6.04 Å². The molecule has 7 nitrogen and oxygen atoms in total. The van der Waals surface area contributed by atoms with Crippen molar-refractivity contribution in [2.24, 2.45) is 0 Å². The molecule has 0 saturated carbocycles. The molecule has 0 fully saturated rings. The first-order chi connectivity index (χ1) is 16.4. The number of aromatic nitrogens is 2. The molecule has 0 saturated heterocycles. The minimum atomic E-state index is -0.775. The zero-order chi connectivity index (χ0) is 24.0. The Balaban J connectivity index is 1.53. The molecule has 8 heteroatoms. The molecule has 2 aromatic carbocycles. The van der Waals surface area contributed by atoms with Crippen LogP contribution >= 0.6 is 11.3 Å². The molecule has 1 aliphatic heterocycles. The number of aryl methyl sites for hydroxylation is 1. The molecule has 0 spiro atoms. The van der Waals surface area contributed by atoms with Crippen molar-refractivity contribution >= 4 is 38.9 Å². The lowest BCUT2D eigenvalue weighted by Gasteiger charge is -2.26. The molecule has 3 heterocycles. The number of hydrogen-bond donors (Lipinski definition) is 0. The van der Waals surface area contributed by atoms with Crippen molar-refractivity contribution in [3.63, 3.8) is 0 Å². The van der Waals surface area contributed by atoms with Gasteiger partial charge in [-0.2, -0.15) is 0 Å². The standard InChI is InChI=1S/C26H23N3O4S/c1-4-16-5-7-17(8-6-16)19-13-34-25-23(19)26(32)29(14-27-25)15(2)24(31)18-9-10-21-20(11-18)28(3)22(30)12-33-21/h5-11,13-15H,4,12H2,1-3H3. The normalized spacial score (nSPS) is 14.1. The van der Waals surface area contributed by atoms with E-state index in [0.717, 1.165) is 17.5 Å². The molecule has 1 amide bonds. The van der Waals surface area contributed by atoms with Crippen molar-refractivity contribution in [1.82, 2.24) is 9.55 Å². The van der Waals surface area contributed by atoms with Crippen molar-refractivity contribution < 1.29 is 14.3 Å². The highest BCUT2D eigenvalue weighted by Crippen LogP contribution is 2.34. The maximum absolute atomic E-state index is 13.5. The Labute approximate surface area is 200 Å². The summed E-state index contributed by atoms with van der Waals surface area (Å²) in [5, 5.41) is 2.45. The first kappa shape index (κ1) is 22.0. The Morgan fingerprint density at radius 1 is 1.18 bits per heavy atom. The van der Waals surface area contributed by atoms with Gasteiger partial charge in [-0.05, 0) is 42.7 Å². The first-order valence-corrected chi connectivity index (χ1v) is 11.9. The predicted octanol–water partition coefficient (Wildman–Crippen LogP) is 4.49. The Morgan fingerprint density at radius 2 is 1.94 bits per heavy atom. The van der Waals surface area contributed by atoms with Crippen LogP contribution in [0.1, 0.15) is 35.8 Å². The SMILES string of the molecule is CCc1ccc(-c2csc3ncn(C(C)C(=O)c4ccc5c(c4)N(C)C(=O)CO5)c(=O)c23)cc1. The number of ether oxygens (including phenoxy) is 1. The Morgan fingerprint density at radius 3 is 2.68 bits per heavy atom. The van der Waals surface area contributed by atoms with Gasteiger partial charge in [0, 0.05) is 23.6 Å². The van der Waals surface area contributed by atoms with E-state index in [-0.39, 0.29) is 23.9 Å². The van der Waals surface area contributed by atoms with Crippen LogP contribution in [0.3, 0.4) is 0 Å². The predicted molar refractivity (Wildman–Crippen MR) is 133 cm³/mol. The minimum absolute atomic E-state index is 0.0293. The number of rotatable bonds is 5. The van der Waals surface area contributed by atoms with Crippen molar-refractivity contribution in [3.8, 4) is 16.9 Å². The maximum atomic E-state index is 13.5. The van der Waals surface area contributed by atoms with Gasteiger partial charge in [0.15, 0.2) is 12.4 Å². The third-order valence-corrected chi connectivity index (χ3v) is 7.21. The lowest BCUT2D eigenvalue weighted by atomic mass is 10.0. The number of carbonyl (C=O) groups is 2. The van der Waals surface area contributed by atoms with E-state index in [9.17, 15) is 14.4 Å². The van der Waals surface area contributed by atoms with Gasteiger partial charge in [-0.15, -0.1) is 11.3 Å². The monoisotopic (exact) mass is 473 g/mol. The van der Waals surface area contributed by atoms with Crippen LogP contribution in [0, 0.1) is 0 Å². The number of anilines is 1. The second-order valence-corrected chi connectivity index (χ2v) is 9.16. The molecule has 172 valence electrons. The van der Waals surface area contributed by atoms with Crippen LogP contribution in [0.15, 0.2) is 59.0 Å². The molecule has 1 aliphatic rings. The Hall–Kier alpha value is -3.78. The fraction of sp³-hybridized carbons (Fsp3) is 0.231. The zero-order valence-electron chi connectivity index (χ0n) is 19.1. The molecular weight excluding hydrogens is 450 g/mol. The molecular formula is C26H23N3O4S. The Bertz CT molecular complexity index is 1490. The number of likely N-dealkylation sites (N-methyl/N-ethyl adjacent to an activating group) is 1. The lowest BCUT2D eigenvalue weighted by molar-refractivity contribution is -0.120. The second kappa shape index (κ2) is 8.53. The highest BCUT2D eigenvalue weighted by atomic mass is 32.1. The van der Waals surface area contributed by atoms with Crippen LogP contribution < -0.4 is 15.2 Å². The number of fused-ring (bicyclic) bond motifs is 2. The average molecular weight is 474 g/mol. The summed E-state index contributed by atoms with van der Waals surface area (Å²) >= 11 is 1.41. The maximum Gasteiger partial charge on any atom is 0.264 e. The van der Waals surface area contributed by atoms with Gasteiger partial charge in [0.25, 0.3) is 11.5 Å². The zero-order valence-corrected chi connectivity index (χ0v) is 19.9. The van der Waals surface area contributed by atoms with Crippen molar-refractivity contribution in [2.75, 3.05) is 18.6 Å². The quantitative estimate of drug-likeness (QED) is 0.399. The molecule has 4 aromatic rings. The molecule has 0 bridgehead atoms. The number of nitrogens with zero attached hydrogens (tertiary/aromatic N) is 3. The van der Waals surface area contributed by atoms with Gasteiger partial charge in [0.05, 0.1) is 23.4 Å². The number of hydrogen-bond acceptors (Lipinski definition) is 6. The topological polar surface area (TPSA) is 81.5 Å². The van der Waals surface area contributed by atoms with Crippen LogP contribution in [0.5, 0.6) is 5.75 Å². The summed E-state index contributed by atoms with van der Waals surface area (Å²) in [6.07, 6.45) is 2.38. The van der Waals surface area contributed by atoms with Gasteiger partial charge in [-0.1, -0.05) is 31.2 Å². The number of benzene rings is 2. The van der Waals surface area contributed by atoms with Gasteiger partial charge in [0.2, 0.25) is 0 Å². The van der Waals surface area contributed by atoms with Crippen LogP contribution in [0.4, 0.5) is 5.69 Å². The van der Waals surface area contributed by atoms with Crippen molar-refractivity contribution in [2.45, 2.75) is 26.3 Å². The van der Waals surface area contributed by atoms with E-state index in [0.29, 0.717) is 27.2 Å². The van der Waals surface area contributed by atoms with Crippen molar-refractivity contribution in [1.29, 1.82) is 0 Å². The van der Waals surface area contributed by atoms with Gasteiger partial charge in [0.1, 0.15) is 10.6 Å². The Kier molecular flexibility index (Phi) is 5.53. The summed E-state index contributed by atoms with van der Waals surface area (Å²) in [4.78, 5) is 45.4. The van der Waals surface area contributed by atoms with E-state index in [2.05, 4.69) is 24.0 Å². The molecule has 5 rings (SSSR count). The summed E-state index contributed by atoms with van der Waals surface area (Å²) in [5.41, 5.74) is 3.66. The van der Waals surface area contributed by atoms with E-state index in [1.807, 2.05) is 17.5 Å². The van der Waals surface area contributed by atoms with E-state index in [1.165, 1.54) is 32.7 Å². The highest BCUT2D eigenvalue weighted by molar-refractivity contribution is 7.17. The number of thiophene rings is 1. The summed E-state index contributed by atoms with van der Waals surface area (Å²) in [7, 11) is 1.65. The molecule has 1 unspecified atom stereocenters. The third kappa shape index (κ3) is 3.60. The van der Waals surface area contributed by atoms with E-state index in [4.69, 9.17) is 4.74 Å². The van der Waals surface area contributed by atoms with E-state index in [1.54, 1.807) is 32.2 Å². The highest BCUT2D eigenvalue weighted by Gasteiger charge is 2.26. The molecule has 0 radical (unpaired) electrons. The van der Waals surface area contributed by atoms with Crippen LogP contribution in [0.25, 0.3) is 21.3 Å². The van der Waals surface area contributed by atoms with Gasteiger partial charge < -0.3 is 9.64 Å². The largest absolute Gasteiger partial charge is 0.482 e. The number of Topliss-reactive ketones (excluding diaryl/α,β-unsaturated/α-hetero) is 1. The number of carbonyl (C=O) groups excluding carboxylic acids is 2. The molecule has 34 heavy (non-hydrogen) atoms.